The van der Waals surface area contributed by atoms with Crippen molar-refractivity contribution in [2.24, 2.45) is 5.41 Å². The van der Waals surface area contributed by atoms with Gasteiger partial charge in [0.25, 0.3) is 0 Å². The molecule has 1 aliphatic rings. The summed E-state index contributed by atoms with van der Waals surface area (Å²) in [6.07, 6.45) is 3.35. The molecular weight excluding hydrogens is 242 g/mol. The predicted octanol–water partition coefficient (Wildman–Crippen LogP) is 2.73. The maximum Gasteiger partial charge on any atom is 0.310 e. The third-order valence-electron chi connectivity index (χ3n) is 3.88. The zero-order valence-electron chi connectivity index (χ0n) is 10.9. The average molecular weight is 259 g/mol. The van der Waals surface area contributed by atoms with Crippen LogP contribution >= 0.6 is 0 Å². The van der Waals surface area contributed by atoms with Gasteiger partial charge >= 0.3 is 5.97 Å². The Kier molecular flexibility index (Phi) is 2.82. The second-order valence-electron chi connectivity index (χ2n) is 5.51. The van der Waals surface area contributed by atoms with E-state index in [4.69, 9.17) is 4.42 Å². The highest BCUT2D eigenvalue weighted by atomic mass is 16.4. The Hall–Kier alpha value is -1.81. The smallest absolute Gasteiger partial charge is 0.310 e. The second kappa shape index (κ2) is 4.38. The zero-order chi connectivity index (χ0) is 13.5. The van der Waals surface area contributed by atoms with E-state index in [2.05, 4.69) is 4.90 Å². The van der Waals surface area contributed by atoms with E-state index in [1.807, 2.05) is 31.3 Å². The van der Waals surface area contributed by atoms with Gasteiger partial charge in [-0.3, -0.25) is 4.79 Å². The second-order valence-corrected chi connectivity index (χ2v) is 5.51. The molecule has 1 heterocycles. The van der Waals surface area contributed by atoms with Gasteiger partial charge in [0.2, 0.25) is 0 Å². The summed E-state index contributed by atoms with van der Waals surface area (Å²) in [5.74, 6) is -0.670. The van der Waals surface area contributed by atoms with Gasteiger partial charge in [-0.25, -0.2) is 0 Å². The number of furan rings is 1. The SMILES string of the molecule is CN(Cc1coc2ccccc12)CC1(C(=O)O)CC1. The predicted molar refractivity (Wildman–Crippen MR) is 71.9 cm³/mol. The van der Waals surface area contributed by atoms with Crippen LogP contribution < -0.4 is 0 Å². The van der Waals surface area contributed by atoms with Crippen LogP contribution in [0.25, 0.3) is 11.0 Å². The van der Waals surface area contributed by atoms with Crippen LogP contribution in [0.4, 0.5) is 0 Å². The number of hydrogen-bond donors (Lipinski definition) is 1. The number of aliphatic carboxylic acids is 1. The molecule has 0 spiro atoms. The molecule has 0 unspecified atom stereocenters. The average Bonchev–Trinajstić information content (AvgIpc) is 3.06. The maximum absolute atomic E-state index is 11.2. The van der Waals surface area contributed by atoms with E-state index in [-0.39, 0.29) is 0 Å². The first-order chi connectivity index (χ1) is 9.11. The number of carboxylic acid groups (broad SMARTS) is 1. The van der Waals surface area contributed by atoms with Gasteiger partial charge in [-0.05, 0) is 26.0 Å². The van der Waals surface area contributed by atoms with E-state index in [1.54, 1.807) is 6.26 Å². The highest BCUT2D eigenvalue weighted by molar-refractivity contribution is 5.81. The lowest BCUT2D eigenvalue weighted by Gasteiger charge is -2.20. The fraction of sp³-hybridized carbons (Fsp3) is 0.400. The van der Waals surface area contributed by atoms with Crippen molar-refractivity contribution in [3.05, 3.63) is 36.1 Å². The van der Waals surface area contributed by atoms with Crippen LogP contribution in [0.5, 0.6) is 0 Å². The monoisotopic (exact) mass is 259 g/mol. The number of rotatable bonds is 5. The number of benzene rings is 1. The lowest BCUT2D eigenvalue weighted by molar-refractivity contribution is -0.144. The number of para-hydroxylation sites is 1. The Labute approximate surface area is 111 Å². The van der Waals surface area contributed by atoms with Gasteiger partial charge in [0, 0.05) is 24.0 Å². The third-order valence-corrected chi connectivity index (χ3v) is 3.88. The van der Waals surface area contributed by atoms with Crippen LogP contribution in [0.15, 0.2) is 34.9 Å². The van der Waals surface area contributed by atoms with E-state index < -0.39 is 11.4 Å². The van der Waals surface area contributed by atoms with Crippen molar-refractivity contribution in [1.82, 2.24) is 4.90 Å². The fourth-order valence-electron chi connectivity index (χ4n) is 2.61. The zero-order valence-corrected chi connectivity index (χ0v) is 10.9. The standard InChI is InChI=1S/C15H17NO3/c1-16(10-15(6-7-15)14(17)18)8-11-9-19-13-5-3-2-4-12(11)13/h2-5,9H,6-8,10H2,1H3,(H,17,18). The molecule has 1 fully saturated rings. The Morgan fingerprint density at radius 2 is 2.16 bits per heavy atom. The van der Waals surface area contributed by atoms with Crippen LogP contribution in [0.2, 0.25) is 0 Å². The van der Waals surface area contributed by atoms with Gasteiger partial charge in [-0.1, -0.05) is 18.2 Å². The quantitative estimate of drug-likeness (QED) is 0.897. The number of carboxylic acids is 1. The molecule has 0 saturated heterocycles. The normalized spacial score (nSPS) is 16.9. The number of hydrogen-bond acceptors (Lipinski definition) is 3. The van der Waals surface area contributed by atoms with Crippen molar-refractivity contribution in [2.45, 2.75) is 19.4 Å². The Morgan fingerprint density at radius 3 is 2.84 bits per heavy atom. The van der Waals surface area contributed by atoms with Crippen molar-refractivity contribution in [3.8, 4) is 0 Å². The highest BCUT2D eigenvalue weighted by Gasteiger charge is 2.50. The third kappa shape index (κ3) is 2.24. The topological polar surface area (TPSA) is 53.7 Å². The molecule has 0 bridgehead atoms. The molecular formula is C15H17NO3. The van der Waals surface area contributed by atoms with E-state index in [9.17, 15) is 9.90 Å². The summed E-state index contributed by atoms with van der Waals surface area (Å²) in [4.78, 5) is 13.3. The van der Waals surface area contributed by atoms with Crippen LogP contribution in [0.3, 0.4) is 0 Å². The van der Waals surface area contributed by atoms with Gasteiger partial charge in [0.1, 0.15) is 5.58 Å². The van der Waals surface area contributed by atoms with E-state index in [0.29, 0.717) is 13.1 Å². The first kappa shape index (κ1) is 12.2. The van der Waals surface area contributed by atoms with Crippen molar-refractivity contribution < 1.29 is 14.3 Å². The molecule has 3 rings (SSSR count). The van der Waals surface area contributed by atoms with Gasteiger partial charge in [-0.15, -0.1) is 0 Å². The molecule has 1 aromatic carbocycles. The summed E-state index contributed by atoms with van der Waals surface area (Å²) in [7, 11) is 1.96. The summed E-state index contributed by atoms with van der Waals surface area (Å²) in [5, 5.41) is 10.3. The summed E-state index contributed by atoms with van der Waals surface area (Å²) < 4.78 is 5.50. The molecule has 1 saturated carbocycles. The van der Waals surface area contributed by atoms with Crippen LogP contribution in [0, 0.1) is 5.41 Å². The summed E-state index contributed by atoms with van der Waals surface area (Å²) in [5.41, 5.74) is 1.48. The minimum Gasteiger partial charge on any atom is -0.481 e. The first-order valence-corrected chi connectivity index (χ1v) is 6.48. The summed E-state index contributed by atoms with van der Waals surface area (Å²) >= 11 is 0. The van der Waals surface area contributed by atoms with Crippen LogP contribution in [-0.4, -0.2) is 29.6 Å². The minimum absolute atomic E-state index is 0.506. The largest absolute Gasteiger partial charge is 0.481 e. The fourth-order valence-corrected chi connectivity index (χ4v) is 2.61. The van der Waals surface area contributed by atoms with Crippen molar-refractivity contribution in [2.75, 3.05) is 13.6 Å². The molecule has 2 aromatic rings. The van der Waals surface area contributed by atoms with Crippen LogP contribution in [0.1, 0.15) is 18.4 Å². The number of nitrogens with zero attached hydrogens (tertiary/aromatic N) is 1. The Balaban J connectivity index is 1.73. The minimum atomic E-state index is -0.670. The molecule has 0 atom stereocenters. The number of fused-ring (bicyclic) bond motifs is 1. The van der Waals surface area contributed by atoms with Gasteiger partial charge < -0.3 is 14.4 Å². The van der Waals surface area contributed by atoms with Crippen molar-refractivity contribution >= 4 is 16.9 Å². The van der Waals surface area contributed by atoms with Crippen LogP contribution in [-0.2, 0) is 11.3 Å². The molecule has 0 radical (unpaired) electrons. The van der Waals surface area contributed by atoms with E-state index >= 15 is 0 Å². The van der Waals surface area contributed by atoms with Crippen molar-refractivity contribution in [3.63, 3.8) is 0 Å². The molecule has 1 aliphatic carbocycles. The van der Waals surface area contributed by atoms with Crippen molar-refractivity contribution in [1.29, 1.82) is 0 Å². The Morgan fingerprint density at radius 1 is 1.42 bits per heavy atom. The highest BCUT2D eigenvalue weighted by Crippen LogP contribution is 2.46. The lowest BCUT2D eigenvalue weighted by Crippen LogP contribution is -2.31. The van der Waals surface area contributed by atoms with Gasteiger partial charge in [0.05, 0.1) is 11.7 Å². The summed E-state index contributed by atoms with van der Waals surface area (Å²) in [6, 6.07) is 7.91. The molecule has 19 heavy (non-hydrogen) atoms. The maximum atomic E-state index is 11.2. The van der Waals surface area contributed by atoms with E-state index in [0.717, 1.165) is 29.4 Å². The molecule has 1 N–H and O–H groups in total. The molecule has 4 nitrogen and oxygen atoms in total. The van der Waals surface area contributed by atoms with Gasteiger partial charge in [0.15, 0.2) is 0 Å². The molecule has 100 valence electrons. The molecule has 1 aromatic heterocycles. The summed E-state index contributed by atoms with van der Waals surface area (Å²) in [6.45, 7) is 1.31. The van der Waals surface area contributed by atoms with E-state index in [1.165, 1.54) is 0 Å². The first-order valence-electron chi connectivity index (χ1n) is 6.48. The lowest BCUT2D eigenvalue weighted by atomic mass is 10.1. The molecule has 0 aliphatic heterocycles. The number of carbonyl (C=O) groups is 1. The molecule has 0 amide bonds. The molecule has 4 heteroatoms. The van der Waals surface area contributed by atoms with Gasteiger partial charge in [-0.2, -0.15) is 0 Å². The Bertz CT molecular complexity index is 613.